The van der Waals surface area contributed by atoms with Gasteiger partial charge in [-0.2, -0.15) is 0 Å². The van der Waals surface area contributed by atoms with E-state index in [-0.39, 0.29) is 0 Å². The van der Waals surface area contributed by atoms with Crippen LogP contribution in [0.5, 0.6) is 0 Å². The first kappa shape index (κ1) is 12.4. The van der Waals surface area contributed by atoms with Crippen molar-refractivity contribution in [3.05, 3.63) is 22.6 Å². The number of allylic oxidation sites excluding steroid dienone is 3. The zero-order valence-corrected chi connectivity index (χ0v) is 9.61. The second-order valence-electron chi connectivity index (χ2n) is 3.61. The average molecular weight is 202 g/mol. The molecule has 0 unspecified atom stereocenters. The second kappa shape index (κ2) is 5.22. The predicted molar refractivity (Wildman–Crippen MR) is 57.3 cm³/mol. The largest absolute Gasteiger partial charge is 0.225 e. The van der Waals surface area contributed by atoms with Gasteiger partial charge < -0.3 is 0 Å². The van der Waals surface area contributed by atoms with Crippen LogP contribution in [0.25, 0.3) is 0 Å². The van der Waals surface area contributed by atoms with Gasteiger partial charge in [0.05, 0.1) is 0 Å². The molecule has 76 valence electrons. The molecule has 0 bridgehead atoms. The van der Waals surface area contributed by atoms with Crippen LogP contribution >= 0.6 is 0 Å². The third kappa shape index (κ3) is 9.34. The Kier molecular flexibility index (Phi) is 4.99. The molecule has 0 radical (unpaired) electrons. The van der Waals surface area contributed by atoms with Gasteiger partial charge >= 0.3 is 0 Å². The second-order valence-corrected chi connectivity index (χ2v) is 5.51. The molecule has 0 saturated carbocycles. The van der Waals surface area contributed by atoms with Crippen molar-refractivity contribution < 1.29 is 8.42 Å². The summed E-state index contributed by atoms with van der Waals surface area (Å²) < 4.78 is 21.7. The van der Waals surface area contributed by atoms with E-state index in [1.165, 1.54) is 17.2 Å². The summed E-state index contributed by atoms with van der Waals surface area (Å²) in [5, 5.41) is 1.34. The summed E-state index contributed by atoms with van der Waals surface area (Å²) in [6.45, 7) is 5.92. The fraction of sp³-hybridized carbons (Fsp3) is 0.600. The molecule has 0 aliphatic rings. The highest BCUT2D eigenvalue weighted by atomic mass is 32.2. The molecule has 0 aromatic rings. The van der Waals surface area contributed by atoms with Crippen molar-refractivity contribution >= 4 is 9.84 Å². The first-order valence-electron chi connectivity index (χ1n) is 4.32. The molecule has 0 spiro atoms. The van der Waals surface area contributed by atoms with Crippen LogP contribution in [0, 0.1) is 0 Å². The fourth-order valence-corrected chi connectivity index (χ4v) is 1.86. The summed E-state index contributed by atoms with van der Waals surface area (Å²) in [7, 11) is -2.96. The SMILES string of the molecule is CC(C)=CCC/C(C)=C/S(C)(=O)=O. The van der Waals surface area contributed by atoms with Crippen LogP contribution in [0.15, 0.2) is 22.6 Å². The van der Waals surface area contributed by atoms with Gasteiger partial charge in [0.1, 0.15) is 0 Å². The highest BCUT2D eigenvalue weighted by Crippen LogP contribution is 2.07. The molecule has 0 aromatic heterocycles. The van der Waals surface area contributed by atoms with Gasteiger partial charge in [0, 0.05) is 11.7 Å². The maximum atomic E-state index is 10.8. The minimum Gasteiger partial charge on any atom is -0.225 e. The summed E-state index contributed by atoms with van der Waals surface area (Å²) in [6, 6.07) is 0. The Morgan fingerprint density at radius 3 is 2.15 bits per heavy atom. The molecule has 0 N–H and O–H groups in total. The minimum atomic E-state index is -2.96. The lowest BCUT2D eigenvalue weighted by atomic mass is 10.1. The van der Waals surface area contributed by atoms with Crippen molar-refractivity contribution in [1.82, 2.24) is 0 Å². The Morgan fingerprint density at radius 2 is 1.77 bits per heavy atom. The molecule has 0 fully saturated rings. The van der Waals surface area contributed by atoms with E-state index in [4.69, 9.17) is 0 Å². The number of hydrogen-bond acceptors (Lipinski definition) is 2. The number of hydrogen-bond donors (Lipinski definition) is 0. The standard InChI is InChI=1S/C10H18O2S/c1-9(2)6-5-7-10(3)8-13(4,11)12/h6,8H,5,7H2,1-4H3/b10-8+. The molecule has 0 saturated heterocycles. The van der Waals surface area contributed by atoms with Crippen LogP contribution < -0.4 is 0 Å². The lowest BCUT2D eigenvalue weighted by Crippen LogP contribution is -1.91. The van der Waals surface area contributed by atoms with E-state index >= 15 is 0 Å². The van der Waals surface area contributed by atoms with Crippen LogP contribution in [0.1, 0.15) is 33.6 Å². The van der Waals surface area contributed by atoms with E-state index < -0.39 is 9.84 Å². The first-order valence-corrected chi connectivity index (χ1v) is 6.27. The van der Waals surface area contributed by atoms with Crippen LogP contribution in [-0.2, 0) is 9.84 Å². The van der Waals surface area contributed by atoms with E-state index in [1.807, 2.05) is 20.8 Å². The van der Waals surface area contributed by atoms with Crippen LogP contribution in [0.4, 0.5) is 0 Å². The van der Waals surface area contributed by atoms with E-state index in [1.54, 1.807) is 0 Å². The predicted octanol–water partition coefficient (Wildman–Crippen LogP) is 2.68. The molecule has 0 aliphatic heterocycles. The van der Waals surface area contributed by atoms with Gasteiger partial charge in [0.15, 0.2) is 9.84 Å². The van der Waals surface area contributed by atoms with Gasteiger partial charge in [0.2, 0.25) is 0 Å². The highest BCUT2D eigenvalue weighted by molar-refractivity contribution is 7.93. The topological polar surface area (TPSA) is 34.1 Å². The molecule has 0 atom stereocenters. The van der Waals surface area contributed by atoms with Crippen LogP contribution in [-0.4, -0.2) is 14.7 Å². The third-order valence-electron chi connectivity index (χ3n) is 1.51. The minimum absolute atomic E-state index is 0.818. The average Bonchev–Trinajstić information content (AvgIpc) is 1.81. The Balaban J connectivity index is 4.11. The van der Waals surface area contributed by atoms with Gasteiger partial charge in [-0.05, 0) is 33.6 Å². The van der Waals surface area contributed by atoms with Gasteiger partial charge in [-0.1, -0.05) is 17.2 Å². The Morgan fingerprint density at radius 1 is 1.23 bits per heavy atom. The molecule has 0 amide bonds. The summed E-state index contributed by atoms with van der Waals surface area (Å²) in [5.74, 6) is 0. The molecule has 0 heterocycles. The lowest BCUT2D eigenvalue weighted by molar-refractivity contribution is 0.609. The van der Waals surface area contributed by atoms with Crippen molar-refractivity contribution in [3.8, 4) is 0 Å². The van der Waals surface area contributed by atoms with E-state index in [0.717, 1.165) is 18.4 Å². The molecule has 2 nitrogen and oxygen atoms in total. The van der Waals surface area contributed by atoms with Crippen LogP contribution in [0.3, 0.4) is 0 Å². The Bertz CT molecular complexity index is 304. The zero-order chi connectivity index (χ0) is 10.5. The zero-order valence-electron chi connectivity index (χ0n) is 8.79. The number of rotatable bonds is 4. The van der Waals surface area contributed by atoms with Gasteiger partial charge in [0.25, 0.3) is 0 Å². The quantitative estimate of drug-likeness (QED) is 0.657. The normalized spacial score (nSPS) is 12.8. The van der Waals surface area contributed by atoms with Gasteiger partial charge in [-0.25, -0.2) is 8.42 Å². The summed E-state index contributed by atoms with van der Waals surface area (Å²) in [4.78, 5) is 0. The van der Waals surface area contributed by atoms with Gasteiger partial charge in [-0.15, -0.1) is 0 Å². The molecule has 13 heavy (non-hydrogen) atoms. The van der Waals surface area contributed by atoms with E-state index in [0.29, 0.717) is 0 Å². The number of sulfone groups is 1. The molecule has 3 heteroatoms. The smallest absolute Gasteiger partial charge is 0.168 e. The summed E-state index contributed by atoms with van der Waals surface area (Å²) in [6.07, 6.45) is 5.06. The lowest BCUT2D eigenvalue weighted by Gasteiger charge is -1.97. The van der Waals surface area contributed by atoms with Crippen LogP contribution in [0.2, 0.25) is 0 Å². The van der Waals surface area contributed by atoms with Crippen molar-refractivity contribution in [2.24, 2.45) is 0 Å². The monoisotopic (exact) mass is 202 g/mol. The van der Waals surface area contributed by atoms with E-state index in [2.05, 4.69) is 6.08 Å². The van der Waals surface area contributed by atoms with Crippen molar-refractivity contribution in [1.29, 1.82) is 0 Å². The molecular formula is C10H18O2S. The first-order chi connectivity index (χ1) is 5.81. The highest BCUT2D eigenvalue weighted by Gasteiger charge is 1.97. The fourth-order valence-electron chi connectivity index (χ4n) is 1.01. The Labute approximate surface area is 81.3 Å². The van der Waals surface area contributed by atoms with Crippen molar-refractivity contribution in [2.45, 2.75) is 33.6 Å². The summed E-state index contributed by atoms with van der Waals surface area (Å²) >= 11 is 0. The Hall–Kier alpha value is -0.570. The molecule has 0 aromatic carbocycles. The van der Waals surface area contributed by atoms with Gasteiger partial charge in [-0.3, -0.25) is 0 Å². The van der Waals surface area contributed by atoms with Crippen molar-refractivity contribution in [3.63, 3.8) is 0 Å². The third-order valence-corrected chi connectivity index (χ3v) is 2.34. The summed E-state index contributed by atoms with van der Waals surface area (Å²) in [5.41, 5.74) is 2.19. The maximum absolute atomic E-state index is 10.8. The van der Waals surface area contributed by atoms with Crippen molar-refractivity contribution in [2.75, 3.05) is 6.26 Å². The maximum Gasteiger partial charge on any atom is 0.168 e. The van der Waals surface area contributed by atoms with E-state index in [9.17, 15) is 8.42 Å². The molecule has 0 rings (SSSR count). The molecular weight excluding hydrogens is 184 g/mol. The molecule has 0 aliphatic carbocycles.